The minimum Gasteiger partial charge on any atom is -0.392 e. The van der Waals surface area contributed by atoms with Crippen LogP contribution in [0, 0.1) is 0 Å². The highest BCUT2D eigenvalue weighted by molar-refractivity contribution is 6.00. The minimum atomic E-state index is -0.0629. The number of amides is 1. The lowest BCUT2D eigenvalue weighted by atomic mass is 9.95. The van der Waals surface area contributed by atoms with E-state index in [1.54, 1.807) is 6.08 Å². The third kappa shape index (κ3) is 5.18. The Balaban J connectivity index is 1.78. The molecule has 3 rings (SSSR count). The number of carbonyl (C=O) groups is 1. The maximum Gasteiger partial charge on any atom is 0.251 e. The molecule has 1 heterocycles. The Hall–Kier alpha value is -2.63. The zero-order valence-electron chi connectivity index (χ0n) is 16.4. The maximum absolute atomic E-state index is 12.8. The van der Waals surface area contributed by atoms with Gasteiger partial charge in [-0.3, -0.25) is 9.89 Å². The van der Waals surface area contributed by atoms with Crippen LogP contribution in [0.5, 0.6) is 0 Å². The molecule has 0 saturated heterocycles. The predicted octanol–water partition coefficient (Wildman–Crippen LogP) is 3.49. The summed E-state index contributed by atoms with van der Waals surface area (Å²) in [5.74, 6) is 1.21. The van der Waals surface area contributed by atoms with E-state index in [0.29, 0.717) is 17.2 Å². The third-order valence-electron chi connectivity index (χ3n) is 5.09. The number of aromatic nitrogens is 3. The largest absolute Gasteiger partial charge is 0.392 e. The van der Waals surface area contributed by atoms with Gasteiger partial charge in [0.25, 0.3) is 5.91 Å². The minimum absolute atomic E-state index is 0.0629. The lowest BCUT2D eigenvalue weighted by Gasteiger charge is -2.23. The van der Waals surface area contributed by atoms with Crippen LogP contribution in [0.2, 0.25) is 0 Å². The SMILES string of the molecule is CN/C(C)=C/C(=C\c1nc(C2=CC=C(C)C2)n[nH]1)C(=O)NC1CCCCC1. The Kier molecular flexibility index (Phi) is 6.27. The summed E-state index contributed by atoms with van der Waals surface area (Å²) in [4.78, 5) is 17.4. The molecule has 6 nitrogen and oxygen atoms in total. The lowest BCUT2D eigenvalue weighted by molar-refractivity contribution is -0.118. The molecule has 27 heavy (non-hydrogen) atoms. The van der Waals surface area contributed by atoms with Gasteiger partial charge in [-0.15, -0.1) is 0 Å². The average Bonchev–Trinajstić information content (AvgIpc) is 3.30. The summed E-state index contributed by atoms with van der Waals surface area (Å²) in [5.41, 5.74) is 3.88. The second kappa shape index (κ2) is 8.84. The monoisotopic (exact) mass is 367 g/mol. The van der Waals surface area contributed by atoms with Crippen molar-refractivity contribution in [3.05, 3.63) is 46.7 Å². The topological polar surface area (TPSA) is 82.7 Å². The molecule has 1 amide bonds. The number of nitrogens with one attached hydrogen (secondary N) is 3. The first-order valence-corrected chi connectivity index (χ1v) is 9.73. The second-order valence-electron chi connectivity index (χ2n) is 7.41. The molecule has 3 N–H and O–H groups in total. The van der Waals surface area contributed by atoms with Gasteiger partial charge in [-0.05, 0) is 45.3 Å². The smallest absolute Gasteiger partial charge is 0.251 e. The number of rotatable bonds is 6. The summed E-state index contributed by atoms with van der Waals surface area (Å²) >= 11 is 0. The van der Waals surface area contributed by atoms with Crippen LogP contribution in [0.15, 0.2) is 35.1 Å². The fourth-order valence-electron chi connectivity index (χ4n) is 3.44. The predicted molar refractivity (Wildman–Crippen MR) is 109 cm³/mol. The molecule has 2 aliphatic carbocycles. The highest BCUT2D eigenvalue weighted by Crippen LogP contribution is 2.25. The van der Waals surface area contributed by atoms with E-state index in [0.717, 1.165) is 30.5 Å². The first-order valence-electron chi connectivity index (χ1n) is 9.73. The quantitative estimate of drug-likeness (QED) is 0.531. The molecule has 1 aromatic heterocycles. The highest BCUT2D eigenvalue weighted by atomic mass is 16.1. The number of nitrogens with zero attached hydrogens (tertiary/aromatic N) is 2. The van der Waals surface area contributed by atoms with Gasteiger partial charge in [-0.2, -0.15) is 5.10 Å². The molecule has 1 fully saturated rings. The molecule has 0 aliphatic heterocycles. The summed E-state index contributed by atoms with van der Waals surface area (Å²) in [6.45, 7) is 4.03. The second-order valence-corrected chi connectivity index (χ2v) is 7.41. The molecule has 0 unspecified atom stereocenters. The van der Waals surface area contributed by atoms with Crippen LogP contribution in [0.3, 0.4) is 0 Å². The van der Waals surface area contributed by atoms with Gasteiger partial charge < -0.3 is 10.6 Å². The van der Waals surface area contributed by atoms with Crippen molar-refractivity contribution in [2.75, 3.05) is 7.05 Å². The number of aromatic amines is 1. The van der Waals surface area contributed by atoms with E-state index in [4.69, 9.17) is 0 Å². The average molecular weight is 367 g/mol. The van der Waals surface area contributed by atoms with E-state index in [1.807, 2.05) is 26.1 Å². The van der Waals surface area contributed by atoms with Gasteiger partial charge >= 0.3 is 0 Å². The fraction of sp³-hybridized carbons (Fsp3) is 0.476. The molecule has 1 saturated carbocycles. The summed E-state index contributed by atoms with van der Waals surface area (Å²) in [6, 6.07) is 0.265. The van der Waals surface area contributed by atoms with E-state index in [1.165, 1.54) is 24.8 Å². The van der Waals surface area contributed by atoms with Crippen molar-refractivity contribution < 1.29 is 4.79 Å². The van der Waals surface area contributed by atoms with Crippen molar-refractivity contribution in [1.82, 2.24) is 25.8 Å². The lowest BCUT2D eigenvalue weighted by Crippen LogP contribution is -2.36. The fourth-order valence-corrected chi connectivity index (χ4v) is 3.44. The Bertz CT molecular complexity index is 806. The standard InChI is InChI=1S/C21H29N5O/c1-14-9-10-16(11-14)20-24-19(25-26-20)13-17(12-15(2)22-3)21(27)23-18-7-5-4-6-8-18/h9-10,12-13,18,22H,4-8,11H2,1-3H3,(H,23,27)(H,24,25,26)/b15-12+,17-13+. The van der Waals surface area contributed by atoms with Gasteiger partial charge in [-0.1, -0.05) is 37.0 Å². The highest BCUT2D eigenvalue weighted by Gasteiger charge is 2.18. The molecular weight excluding hydrogens is 338 g/mol. The summed E-state index contributed by atoms with van der Waals surface area (Å²) in [7, 11) is 1.84. The number of hydrogen-bond acceptors (Lipinski definition) is 4. The van der Waals surface area contributed by atoms with Crippen molar-refractivity contribution in [3.8, 4) is 0 Å². The van der Waals surface area contributed by atoms with Crippen LogP contribution in [0.25, 0.3) is 11.6 Å². The van der Waals surface area contributed by atoms with Crippen molar-refractivity contribution >= 4 is 17.6 Å². The summed E-state index contributed by atoms with van der Waals surface area (Å²) in [5, 5.41) is 13.5. The van der Waals surface area contributed by atoms with Crippen LogP contribution < -0.4 is 10.6 Å². The molecule has 6 heteroatoms. The van der Waals surface area contributed by atoms with Gasteiger partial charge in [0.1, 0.15) is 5.82 Å². The maximum atomic E-state index is 12.8. The summed E-state index contributed by atoms with van der Waals surface area (Å²) < 4.78 is 0. The first kappa shape index (κ1) is 19.1. The molecule has 1 aromatic rings. The number of allylic oxidation sites excluding steroid dienone is 5. The molecule has 0 radical (unpaired) electrons. The number of hydrogen-bond donors (Lipinski definition) is 3. The Morgan fingerprint density at radius 1 is 1.26 bits per heavy atom. The van der Waals surface area contributed by atoms with Gasteiger partial charge in [0, 0.05) is 29.9 Å². The summed E-state index contributed by atoms with van der Waals surface area (Å²) in [6.07, 6.45) is 14.4. The van der Waals surface area contributed by atoms with Crippen molar-refractivity contribution in [2.45, 2.75) is 58.4 Å². The van der Waals surface area contributed by atoms with Gasteiger partial charge in [0.15, 0.2) is 5.82 Å². The van der Waals surface area contributed by atoms with E-state index >= 15 is 0 Å². The molecule has 144 valence electrons. The first-order chi connectivity index (χ1) is 13.0. The van der Waals surface area contributed by atoms with E-state index in [-0.39, 0.29) is 11.9 Å². The third-order valence-corrected chi connectivity index (χ3v) is 5.09. The van der Waals surface area contributed by atoms with Crippen LogP contribution in [-0.2, 0) is 4.79 Å². The van der Waals surface area contributed by atoms with Crippen molar-refractivity contribution in [3.63, 3.8) is 0 Å². The van der Waals surface area contributed by atoms with Crippen LogP contribution in [0.1, 0.15) is 64.0 Å². The van der Waals surface area contributed by atoms with Crippen LogP contribution in [-0.4, -0.2) is 34.2 Å². The van der Waals surface area contributed by atoms with Crippen molar-refractivity contribution in [1.29, 1.82) is 0 Å². The zero-order chi connectivity index (χ0) is 19.2. The molecule has 0 aromatic carbocycles. The van der Waals surface area contributed by atoms with Crippen LogP contribution in [0.4, 0.5) is 0 Å². The van der Waals surface area contributed by atoms with Crippen molar-refractivity contribution in [2.24, 2.45) is 0 Å². The van der Waals surface area contributed by atoms with E-state index in [9.17, 15) is 4.79 Å². The van der Waals surface area contributed by atoms with E-state index < -0.39 is 0 Å². The van der Waals surface area contributed by atoms with Crippen LogP contribution >= 0.6 is 0 Å². The molecule has 0 bridgehead atoms. The Labute approximate surface area is 160 Å². The number of carbonyl (C=O) groups excluding carboxylic acids is 1. The Morgan fingerprint density at radius 2 is 2.04 bits per heavy atom. The normalized spacial score (nSPS) is 18.9. The molecule has 2 aliphatic rings. The molecule has 0 spiro atoms. The Morgan fingerprint density at radius 3 is 2.70 bits per heavy atom. The zero-order valence-corrected chi connectivity index (χ0v) is 16.4. The van der Waals surface area contributed by atoms with E-state index in [2.05, 4.69) is 38.8 Å². The molecule has 0 atom stereocenters. The number of H-pyrrole nitrogens is 1. The van der Waals surface area contributed by atoms with Gasteiger partial charge in [0.05, 0.1) is 0 Å². The van der Waals surface area contributed by atoms with Gasteiger partial charge in [-0.25, -0.2) is 4.98 Å². The van der Waals surface area contributed by atoms with Gasteiger partial charge in [0.2, 0.25) is 0 Å². The molecular formula is C21H29N5O.